The number of imide groups is 1. The number of amides is 2. The van der Waals surface area contributed by atoms with E-state index in [2.05, 4.69) is 4.98 Å². The van der Waals surface area contributed by atoms with Crippen molar-refractivity contribution in [2.75, 3.05) is 7.11 Å². The number of methoxy groups -OCH3 is 1. The fourth-order valence-corrected chi connectivity index (χ4v) is 3.34. The molecule has 2 aromatic carbocycles. The van der Waals surface area contributed by atoms with Crippen molar-refractivity contribution >= 4 is 46.6 Å². The molecule has 0 spiro atoms. The third kappa shape index (κ3) is 5.08. The van der Waals surface area contributed by atoms with E-state index >= 15 is 0 Å². The van der Waals surface area contributed by atoms with E-state index in [4.69, 9.17) is 39.5 Å². The number of halogens is 4. The summed E-state index contributed by atoms with van der Waals surface area (Å²) in [5.74, 6) is -1.61. The van der Waals surface area contributed by atoms with Gasteiger partial charge >= 0.3 is 0 Å². The molecule has 3 aromatic rings. The molecule has 2 amide bonds. The number of carbonyl (C=O) groups is 2. The van der Waals surface area contributed by atoms with E-state index in [1.165, 1.54) is 25.3 Å². The van der Waals surface area contributed by atoms with Gasteiger partial charge in [-0.05, 0) is 48.0 Å². The van der Waals surface area contributed by atoms with Gasteiger partial charge in [0.1, 0.15) is 22.4 Å². The standard InChI is InChI=1S/C21H14Cl3FN2O3/c1-30-15-5-2-12(3-6-15)11-27(20(28)16-10-14(25)4-7-17(16)23)21(29)18-8-13(22)9-19(24)26-18/h2-10H,11H2,1H3. The van der Waals surface area contributed by atoms with Crippen molar-refractivity contribution in [2.45, 2.75) is 6.54 Å². The molecule has 1 heterocycles. The normalized spacial score (nSPS) is 10.6. The van der Waals surface area contributed by atoms with E-state index in [0.29, 0.717) is 11.3 Å². The van der Waals surface area contributed by atoms with Gasteiger partial charge in [-0.2, -0.15) is 0 Å². The van der Waals surface area contributed by atoms with Gasteiger partial charge in [0.25, 0.3) is 11.8 Å². The summed E-state index contributed by atoms with van der Waals surface area (Å²) in [6.07, 6.45) is 0. The molecule has 3 rings (SSSR count). The van der Waals surface area contributed by atoms with Crippen LogP contribution in [0.2, 0.25) is 15.2 Å². The molecule has 0 bridgehead atoms. The van der Waals surface area contributed by atoms with Crippen molar-refractivity contribution in [1.29, 1.82) is 0 Å². The average molecular weight is 468 g/mol. The summed E-state index contributed by atoms with van der Waals surface area (Å²) in [5.41, 5.74) is 0.326. The maximum Gasteiger partial charge on any atom is 0.279 e. The Labute approximate surface area is 186 Å². The topological polar surface area (TPSA) is 59.5 Å². The first-order valence-electron chi connectivity index (χ1n) is 8.55. The molecule has 0 aliphatic carbocycles. The van der Waals surface area contributed by atoms with E-state index in [0.717, 1.165) is 17.0 Å². The van der Waals surface area contributed by atoms with Crippen molar-refractivity contribution in [2.24, 2.45) is 0 Å². The van der Waals surface area contributed by atoms with Crippen LogP contribution in [0.4, 0.5) is 4.39 Å². The molecule has 0 atom stereocenters. The van der Waals surface area contributed by atoms with E-state index in [1.807, 2.05) is 0 Å². The second-order valence-electron chi connectivity index (χ2n) is 6.16. The SMILES string of the molecule is COc1ccc(CN(C(=O)c2cc(Cl)cc(Cl)n2)C(=O)c2cc(F)ccc2Cl)cc1. The molecule has 1 aromatic heterocycles. The zero-order valence-electron chi connectivity index (χ0n) is 15.5. The highest BCUT2D eigenvalue weighted by Crippen LogP contribution is 2.23. The van der Waals surface area contributed by atoms with E-state index in [-0.39, 0.29) is 33.0 Å². The molecule has 0 radical (unpaired) electrons. The molecule has 154 valence electrons. The molecule has 0 aliphatic heterocycles. The number of benzene rings is 2. The smallest absolute Gasteiger partial charge is 0.279 e. The Morgan fingerprint density at radius 2 is 1.70 bits per heavy atom. The Morgan fingerprint density at radius 1 is 1.00 bits per heavy atom. The van der Waals surface area contributed by atoms with Gasteiger partial charge in [-0.1, -0.05) is 46.9 Å². The highest BCUT2D eigenvalue weighted by molar-refractivity contribution is 6.35. The Hall–Kier alpha value is -2.67. The van der Waals surface area contributed by atoms with E-state index in [9.17, 15) is 14.0 Å². The quantitative estimate of drug-likeness (QED) is 0.358. The molecule has 30 heavy (non-hydrogen) atoms. The average Bonchev–Trinajstić information content (AvgIpc) is 2.72. The van der Waals surface area contributed by atoms with Crippen molar-refractivity contribution in [3.63, 3.8) is 0 Å². The third-order valence-electron chi connectivity index (χ3n) is 4.13. The molecule has 0 fully saturated rings. The van der Waals surface area contributed by atoms with Crippen molar-refractivity contribution in [3.8, 4) is 5.75 Å². The molecule has 0 unspecified atom stereocenters. The minimum Gasteiger partial charge on any atom is -0.497 e. The zero-order chi connectivity index (χ0) is 21.8. The predicted octanol–water partition coefficient (Wildman–Crippen LogP) is 5.67. The number of rotatable bonds is 5. The summed E-state index contributed by atoms with van der Waals surface area (Å²) < 4.78 is 18.9. The second-order valence-corrected chi connectivity index (χ2v) is 7.39. The lowest BCUT2D eigenvalue weighted by Crippen LogP contribution is -2.37. The lowest BCUT2D eigenvalue weighted by atomic mass is 10.1. The Morgan fingerprint density at radius 3 is 2.33 bits per heavy atom. The largest absolute Gasteiger partial charge is 0.497 e. The van der Waals surface area contributed by atoms with Gasteiger partial charge in [0.2, 0.25) is 0 Å². The minimum atomic E-state index is -0.793. The van der Waals surface area contributed by atoms with Gasteiger partial charge in [0, 0.05) is 5.02 Å². The van der Waals surface area contributed by atoms with Crippen molar-refractivity contribution < 1.29 is 18.7 Å². The highest BCUT2D eigenvalue weighted by atomic mass is 35.5. The first-order valence-corrected chi connectivity index (χ1v) is 9.69. The molecular weight excluding hydrogens is 454 g/mol. The number of carbonyl (C=O) groups excluding carboxylic acids is 2. The third-order valence-corrected chi connectivity index (χ3v) is 4.87. The summed E-state index contributed by atoms with van der Waals surface area (Å²) >= 11 is 17.9. The molecule has 0 saturated carbocycles. The van der Waals surface area contributed by atoms with Crippen LogP contribution in [0.1, 0.15) is 26.4 Å². The zero-order valence-corrected chi connectivity index (χ0v) is 17.8. The van der Waals surface area contributed by atoms with Crippen LogP contribution in [-0.2, 0) is 6.54 Å². The Kier molecular flexibility index (Phi) is 6.92. The first kappa shape index (κ1) is 22.0. The van der Waals surface area contributed by atoms with Crippen LogP contribution in [0, 0.1) is 5.82 Å². The van der Waals surface area contributed by atoms with Crippen molar-refractivity contribution in [3.05, 3.63) is 92.4 Å². The molecule has 9 heteroatoms. The van der Waals surface area contributed by atoms with Crippen LogP contribution in [0.25, 0.3) is 0 Å². The van der Waals surface area contributed by atoms with Crippen LogP contribution < -0.4 is 4.74 Å². The maximum atomic E-state index is 13.7. The predicted molar refractivity (Wildman–Crippen MR) is 113 cm³/mol. The summed E-state index contributed by atoms with van der Waals surface area (Å²) in [6, 6.07) is 12.7. The van der Waals surface area contributed by atoms with Crippen LogP contribution in [0.3, 0.4) is 0 Å². The van der Waals surface area contributed by atoms with Gasteiger partial charge in [-0.15, -0.1) is 0 Å². The fourth-order valence-electron chi connectivity index (χ4n) is 2.67. The minimum absolute atomic E-state index is 0.00557. The molecular formula is C21H14Cl3FN2O3. The number of hydrogen-bond acceptors (Lipinski definition) is 4. The highest BCUT2D eigenvalue weighted by Gasteiger charge is 2.28. The maximum absolute atomic E-state index is 13.7. The van der Waals surface area contributed by atoms with Crippen LogP contribution >= 0.6 is 34.8 Å². The monoisotopic (exact) mass is 466 g/mol. The van der Waals surface area contributed by atoms with E-state index < -0.39 is 17.6 Å². The number of aromatic nitrogens is 1. The summed E-state index contributed by atoms with van der Waals surface area (Å²) in [6.45, 7) is -0.125. The molecule has 5 nitrogen and oxygen atoms in total. The number of ether oxygens (including phenoxy) is 1. The van der Waals surface area contributed by atoms with Gasteiger partial charge in [0.05, 0.1) is 24.2 Å². The van der Waals surface area contributed by atoms with Crippen LogP contribution in [-0.4, -0.2) is 28.8 Å². The summed E-state index contributed by atoms with van der Waals surface area (Å²) in [7, 11) is 1.52. The van der Waals surface area contributed by atoms with Gasteiger partial charge in [0.15, 0.2) is 0 Å². The van der Waals surface area contributed by atoms with Gasteiger partial charge in [-0.25, -0.2) is 9.37 Å². The van der Waals surface area contributed by atoms with Crippen LogP contribution in [0.5, 0.6) is 5.75 Å². The van der Waals surface area contributed by atoms with Crippen LogP contribution in [0.15, 0.2) is 54.6 Å². The van der Waals surface area contributed by atoms with Crippen molar-refractivity contribution in [1.82, 2.24) is 9.88 Å². The fraction of sp³-hybridized carbons (Fsp3) is 0.0952. The summed E-state index contributed by atoms with van der Waals surface area (Å²) in [4.78, 5) is 31.2. The number of pyridine rings is 1. The summed E-state index contributed by atoms with van der Waals surface area (Å²) in [5, 5.41) is 0.177. The lowest BCUT2D eigenvalue weighted by Gasteiger charge is -2.22. The molecule has 0 N–H and O–H groups in total. The Bertz CT molecular complexity index is 1090. The van der Waals surface area contributed by atoms with Gasteiger partial charge < -0.3 is 4.74 Å². The Balaban J connectivity index is 2.03. The van der Waals surface area contributed by atoms with E-state index in [1.54, 1.807) is 24.3 Å². The number of nitrogens with zero attached hydrogens (tertiary/aromatic N) is 2. The second kappa shape index (κ2) is 9.43. The lowest BCUT2D eigenvalue weighted by molar-refractivity contribution is 0.0600. The molecule has 0 aliphatic rings. The van der Waals surface area contributed by atoms with Gasteiger partial charge in [-0.3, -0.25) is 14.5 Å². The first-order chi connectivity index (χ1) is 14.3. The number of hydrogen-bond donors (Lipinski definition) is 0. The molecule has 0 saturated heterocycles.